The van der Waals surface area contributed by atoms with Gasteiger partial charge in [0.2, 0.25) is 0 Å². The number of rotatable bonds is 14. The Kier molecular flexibility index (Phi) is 12.9. The fraction of sp³-hybridized carbons (Fsp3) is 0.385. The summed E-state index contributed by atoms with van der Waals surface area (Å²) >= 11 is 11.1. The van der Waals surface area contributed by atoms with Crippen LogP contribution in [0.15, 0.2) is 70.2 Å². The normalized spacial score (nSPS) is 20.7. The zero-order valence-electron chi connectivity index (χ0n) is 20.3. The first-order valence-corrected chi connectivity index (χ1v) is 17.1. The van der Waals surface area contributed by atoms with E-state index in [1.165, 1.54) is 23.3 Å². The van der Waals surface area contributed by atoms with E-state index in [1.807, 2.05) is 23.5 Å². The molecule has 0 spiro atoms. The quantitative estimate of drug-likeness (QED) is 0.155. The van der Waals surface area contributed by atoms with Crippen molar-refractivity contribution in [3.63, 3.8) is 0 Å². The van der Waals surface area contributed by atoms with Crippen molar-refractivity contribution in [2.24, 2.45) is 0 Å². The van der Waals surface area contributed by atoms with Crippen molar-refractivity contribution in [2.75, 3.05) is 24.7 Å². The second-order valence-corrected chi connectivity index (χ2v) is 15.9. The molecule has 1 aromatic rings. The summed E-state index contributed by atoms with van der Waals surface area (Å²) in [6.45, 7) is 12.1. The Morgan fingerprint density at radius 3 is 1.67 bits per heavy atom. The number of carbonyl (C=O) groups is 2. The molecule has 36 heavy (non-hydrogen) atoms. The van der Waals surface area contributed by atoms with Gasteiger partial charge in [0, 0.05) is 44.0 Å². The largest absolute Gasteiger partial charge is 0.457 e. The molecule has 4 nitrogen and oxygen atoms in total. The molecule has 0 aromatic heterocycles. The molecule has 1 aromatic carbocycles. The van der Waals surface area contributed by atoms with E-state index in [4.69, 9.17) is 9.47 Å². The van der Waals surface area contributed by atoms with E-state index in [2.05, 4.69) is 62.1 Å². The topological polar surface area (TPSA) is 52.6 Å². The zero-order chi connectivity index (χ0) is 25.9. The van der Waals surface area contributed by atoms with Crippen LogP contribution in [0.2, 0.25) is 0 Å². The number of ether oxygens (including phenoxy) is 2. The number of hydrogen-bond donors (Lipinski definition) is 0. The highest BCUT2D eigenvalue weighted by Gasteiger charge is 2.24. The average Bonchev–Trinajstić information content (AvgIpc) is 3.56. The lowest BCUT2D eigenvalue weighted by Gasteiger charge is -2.22. The first-order valence-electron chi connectivity index (χ1n) is 11.3. The maximum absolute atomic E-state index is 11.3. The van der Waals surface area contributed by atoms with Gasteiger partial charge in [0.05, 0.1) is 9.16 Å². The molecule has 2 aliphatic rings. The second kappa shape index (κ2) is 15.6. The lowest BCUT2D eigenvalue weighted by Crippen LogP contribution is -2.06. The van der Waals surface area contributed by atoms with Gasteiger partial charge < -0.3 is 9.47 Å². The van der Waals surface area contributed by atoms with Gasteiger partial charge in [-0.15, -0.1) is 47.0 Å². The van der Waals surface area contributed by atoms with E-state index in [9.17, 15) is 9.59 Å². The van der Waals surface area contributed by atoms with Crippen LogP contribution >= 0.6 is 70.6 Å². The first kappa shape index (κ1) is 29.8. The van der Waals surface area contributed by atoms with Gasteiger partial charge in [0.1, 0.15) is 13.2 Å². The maximum Gasteiger partial charge on any atom is 0.330 e. The van der Waals surface area contributed by atoms with Crippen LogP contribution in [0.4, 0.5) is 0 Å². The van der Waals surface area contributed by atoms with Crippen molar-refractivity contribution >= 4 is 82.5 Å². The van der Waals surface area contributed by atoms with Crippen molar-refractivity contribution in [3.05, 3.63) is 81.3 Å². The zero-order valence-corrected chi connectivity index (χ0v) is 25.2. The molecule has 2 heterocycles. The summed E-state index contributed by atoms with van der Waals surface area (Å²) in [5, 5.41) is 4.98. The highest BCUT2D eigenvalue weighted by Crippen LogP contribution is 2.46. The number of hydrogen-bond acceptors (Lipinski definition) is 10. The Labute approximate surface area is 239 Å². The van der Waals surface area contributed by atoms with Crippen LogP contribution in [0.3, 0.4) is 0 Å². The number of benzene rings is 1. The molecule has 0 saturated heterocycles. The van der Waals surface area contributed by atoms with Crippen LogP contribution in [0.25, 0.3) is 0 Å². The highest BCUT2D eigenvalue weighted by molar-refractivity contribution is 8.24. The van der Waals surface area contributed by atoms with E-state index >= 15 is 0 Å². The van der Waals surface area contributed by atoms with Crippen LogP contribution in [0.5, 0.6) is 0 Å². The van der Waals surface area contributed by atoms with Crippen molar-refractivity contribution < 1.29 is 19.1 Å². The standard InChI is InChI=1S/C26H30O4S6/c1-5-23(27)29-11-19-13-33-25(35-19)15-31-17(3)21-9-7-8-10-22(21)18(4)32-16-26-34-14-20(36-26)12-30-24(28)6-2/h5-10,13-14,17-18,25-26H,1-2,11-12,15-16H2,3-4H3. The molecule has 0 fully saturated rings. The second-order valence-electron chi connectivity index (χ2n) is 7.74. The van der Waals surface area contributed by atoms with E-state index in [-0.39, 0.29) is 11.9 Å². The third-order valence-electron chi connectivity index (χ3n) is 5.15. The van der Waals surface area contributed by atoms with Gasteiger partial charge in [-0.3, -0.25) is 0 Å². The van der Waals surface area contributed by atoms with Crippen molar-refractivity contribution in [3.8, 4) is 0 Å². The van der Waals surface area contributed by atoms with E-state index in [0.29, 0.717) is 32.9 Å². The van der Waals surface area contributed by atoms with Gasteiger partial charge in [-0.1, -0.05) is 37.4 Å². The molecule has 0 amide bonds. The molecule has 4 unspecified atom stereocenters. The van der Waals surface area contributed by atoms with Crippen LogP contribution in [0.1, 0.15) is 35.5 Å². The van der Waals surface area contributed by atoms with Crippen LogP contribution in [-0.2, 0) is 19.1 Å². The fourth-order valence-electron chi connectivity index (χ4n) is 3.31. The number of thioether (sulfide) groups is 6. The lowest BCUT2D eigenvalue weighted by molar-refractivity contribution is -0.137. The SMILES string of the molecule is C=CC(=O)OCC1=CSC(CSC(C)c2ccccc2C(C)SCC2SC=C(COC(=O)C=C)S2)S1. The predicted molar refractivity (Wildman–Crippen MR) is 165 cm³/mol. The Bertz CT molecular complexity index is 929. The van der Waals surface area contributed by atoms with Gasteiger partial charge in [0.15, 0.2) is 0 Å². The minimum Gasteiger partial charge on any atom is -0.457 e. The van der Waals surface area contributed by atoms with Gasteiger partial charge in [-0.05, 0) is 35.8 Å². The van der Waals surface area contributed by atoms with Gasteiger partial charge in [-0.2, -0.15) is 23.5 Å². The molecule has 0 aliphatic carbocycles. The van der Waals surface area contributed by atoms with Gasteiger partial charge in [-0.25, -0.2) is 9.59 Å². The smallest absolute Gasteiger partial charge is 0.330 e. The summed E-state index contributed by atoms with van der Waals surface area (Å²) in [7, 11) is 0. The molecule has 3 rings (SSSR count). The third kappa shape index (κ3) is 9.51. The van der Waals surface area contributed by atoms with E-state index in [0.717, 1.165) is 21.3 Å². The first-order chi connectivity index (χ1) is 17.4. The molecule has 0 radical (unpaired) electrons. The molecule has 10 heteroatoms. The van der Waals surface area contributed by atoms with Crippen molar-refractivity contribution in [2.45, 2.75) is 33.5 Å². The molecule has 194 valence electrons. The van der Waals surface area contributed by atoms with Crippen LogP contribution in [-0.4, -0.2) is 45.8 Å². The van der Waals surface area contributed by atoms with Crippen LogP contribution < -0.4 is 0 Å². The molecule has 2 aliphatic heterocycles. The Morgan fingerprint density at radius 2 is 1.28 bits per heavy atom. The highest BCUT2D eigenvalue weighted by atomic mass is 32.2. The Balaban J connectivity index is 1.43. The molecule has 0 bridgehead atoms. The molecular weight excluding hydrogens is 569 g/mol. The summed E-state index contributed by atoms with van der Waals surface area (Å²) in [5.74, 6) is 1.27. The van der Waals surface area contributed by atoms with Crippen molar-refractivity contribution in [1.82, 2.24) is 0 Å². The Hall–Kier alpha value is -0.780. The minimum absolute atomic E-state index is 0.325. The minimum atomic E-state index is -0.382. The third-order valence-corrected chi connectivity index (χ3v) is 13.8. The summed E-state index contributed by atoms with van der Waals surface area (Å²) in [6.07, 6.45) is 2.39. The number of esters is 2. The molecule has 0 N–H and O–H groups in total. The fourth-order valence-corrected chi connectivity index (χ4v) is 11.1. The summed E-state index contributed by atoms with van der Waals surface area (Å²) in [6, 6.07) is 8.76. The average molecular weight is 599 g/mol. The molecule has 4 atom stereocenters. The predicted octanol–water partition coefficient (Wildman–Crippen LogP) is 8.03. The van der Waals surface area contributed by atoms with E-state index in [1.54, 1.807) is 47.0 Å². The Morgan fingerprint density at radius 1 is 0.861 bits per heavy atom. The van der Waals surface area contributed by atoms with E-state index < -0.39 is 0 Å². The van der Waals surface area contributed by atoms with Crippen LogP contribution in [0, 0.1) is 0 Å². The molecular formula is C26H30O4S6. The van der Waals surface area contributed by atoms with Crippen molar-refractivity contribution in [1.29, 1.82) is 0 Å². The monoisotopic (exact) mass is 598 g/mol. The maximum atomic E-state index is 11.3. The number of carbonyl (C=O) groups excluding carboxylic acids is 2. The summed E-state index contributed by atoms with van der Waals surface area (Å²) in [5.41, 5.74) is 2.79. The summed E-state index contributed by atoms with van der Waals surface area (Å²) in [4.78, 5) is 24.8. The van der Waals surface area contributed by atoms with Gasteiger partial charge in [0.25, 0.3) is 0 Å². The lowest BCUT2D eigenvalue weighted by atomic mass is 10.0. The van der Waals surface area contributed by atoms with Gasteiger partial charge >= 0.3 is 11.9 Å². The summed E-state index contributed by atoms with van der Waals surface area (Å²) < 4.78 is 11.2. The molecule has 0 saturated carbocycles.